The number of nitrogens with two attached hydrogens (primary N) is 1. The van der Waals surface area contributed by atoms with Crippen LogP contribution in [0.2, 0.25) is 0 Å². The van der Waals surface area contributed by atoms with Gasteiger partial charge in [0, 0.05) is 18.7 Å². The van der Waals surface area contributed by atoms with E-state index in [2.05, 4.69) is 23.5 Å². The number of primary amides is 1. The molecule has 2 aromatic carbocycles. The number of nitrogens with zero attached hydrogens (tertiary/aromatic N) is 1. The third-order valence-electron chi connectivity index (χ3n) is 6.69. The van der Waals surface area contributed by atoms with Gasteiger partial charge in [0.1, 0.15) is 17.7 Å². The fourth-order valence-electron chi connectivity index (χ4n) is 4.60. The van der Waals surface area contributed by atoms with Crippen LogP contribution in [0.15, 0.2) is 54.6 Å². The monoisotopic (exact) mass is 590 g/mol. The highest BCUT2D eigenvalue weighted by atomic mass is 16.6. The molecule has 0 fully saturated rings. The molecule has 4 amide bonds. The van der Waals surface area contributed by atoms with E-state index in [0.29, 0.717) is 17.5 Å². The number of hydrogen-bond acceptors (Lipinski definition) is 5. The maximum atomic E-state index is 14.2. The molecule has 232 valence electrons. The van der Waals surface area contributed by atoms with Crippen LogP contribution in [0.25, 0.3) is 0 Å². The maximum absolute atomic E-state index is 14.2. The second-order valence-corrected chi connectivity index (χ2v) is 11.5. The van der Waals surface area contributed by atoms with Crippen molar-refractivity contribution in [2.75, 3.05) is 6.54 Å². The van der Waals surface area contributed by atoms with Crippen molar-refractivity contribution in [3.05, 3.63) is 71.3 Å². The normalized spacial score (nSPS) is 12.3. The summed E-state index contributed by atoms with van der Waals surface area (Å²) in [6, 6.07) is 13.9. The van der Waals surface area contributed by atoms with Crippen molar-refractivity contribution < 1.29 is 23.9 Å². The van der Waals surface area contributed by atoms with E-state index in [0.717, 1.165) is 37.7 Å². The van der Waals surface area contributed by atoms with Gasteiger partial charge in [0.15, 0.2) is 0 Å². The largest absolute Gasteiger partial charge is 0.444 e. The number of rotatable bonds is 16. The van der Waals surface area contributed by atoms with E-state index in [1.165, 1.54) is 4.90 Å². The summed E-state index contributed by atoms with van der Waals surface area (Å²) in [7, 11) is 0. The molecule has 0 aliphatic heterocycles. The van der Waals surface area contributed by atoms with Crippen molar-refractivity contribution in [2.24, 2.45) is 5.73 Å². The number of unbranched alkanes of at least 4 members (excludes halogenated alkanes) is 5. The van der Waals surface area contributed by atoms with Gasteiger partial charge in [-0.3, -0.25) is 14.4 Å². The number of hydrogen-bond donors (Lipinski definition) is 3. The van der Waals surface area contributed by atoms with Gasteiger partial charge >= 0.3 is 6.09 Å². The lowest BCUT2D eigenvalue weighted by Gasteiger charge is -2.34. The van der Waals surface area contributed by atoms with Crippen LogP contribution in [0.3, 0.4) is 0 Å². The molecule has 0 saturated carbocycles. The van der Waals surface area contributed by atoms with Gasteiger partial charge in [-0.15, -0.1) is 6.42 Å². The minimum Gasteiger partial charge on any atom is -0.444 e. The summed E-state index contributed by atoms with van der Waals surface area (Å²) in [6.45, 7) is 7.68. The Bertz CT molecular complexity index is 1230. The summed E-state index contributed by atoms with van der Waals surface area (Å²) in [5.74, 6) is 0.763. The lowest BCUT2D eigenvalue weighted by Crippen LogP contribution is -2.54. The van der Waals surface area contributed by atoms with Crippen molar-refractivity contribution >= 4 is 23.8 Å². The Hall–Kier alpha value is -4.32. The summed E-state index contributed by atoms with van der Waals surface area (Å²) in [6.07, 6.45) is 9.98. The summed E-state index contributed by atoms with van der Waals surface area (Å²) in [5, 5.41) is 5.47. The molecular weight excluding hydrogens is 544 g/mol. The van der Waals surface area contributed by atoms with Crippen molar-refractivity contribution in [3.8, 4) is 12.3 Å². The van der Waals surface area contributed by atoms with Crippen molar-refractivity contribution in [3.63, 3.8) is 0 Å². The van der Waals surface area contributed by atoms with Crippen molar-refractivity contribution in [2.45, 2.75) is 96.9 Å². The van der Waals surface area contributed by atoms with Gasteiger partial charge in [0.25, 0.3) is 0 Å². The molecule has 2 aromatic rings. The van der Waals surface area contributed by atoms with E-state index in [1.54, 1.807) is 45.0 Å². The molecule has 4 N–H and O–H groups in total. The van der Waals surface area contributed by atoms with Crippen molar-refractivity contribution in [1.82, 2.24) is 15.5 Å². The van der Waals surface area contributed by atoms with E-state index < -0.39 is 47.9 Å². The van der Waals surface area contributed by atoms with E-state index in [-0.39, 0.29) is 13.1 Å². The van der Waals surface area contributed by atoms with E-state index >= 15 is 0 Å². The zero-order chi connectivity index (χ0) is 31.8. The molecule has 0 radical (unpaired) electrons. The Morgan fingerprint density at radius 1 is 0.953 bits per heavy atom. The first-order chi connectivity index (χ1) is 20.4. The van der Waals surface area contributed by atoms with Crippen LogP contribution in [0.5, 0.6) is 0 Å². The molecule has 2 atom stereocenters. The van der Waals surface area contributed by atoms with Crippen LogP contribution in [-0.2, 0) is 25.7 Å². The fourth-order valence-corrected chi connectivity index (χ4v) is 4.60. The number of carbonyl (C=O) groups is 4. The first kappa shape index (κ1) is 34.9. The van der Waals surface area contributed by atoms with Crippen LogP contribution in [0, 0.1) is 12.3 Å². The van der Waals surface area contributed by atoms with Gasteiger partial charge in [0.2, 0.25) is 17.7 Å². The highest BCUT2D eigenvalue weighted by Gasteiger charge is 2.36. The maximum Gasteiger partial charge on any atom is 0.408 e. The van der Waals surface area contributed by atoms with Gasteiger partial charge in [-0.2, -0.15) is 0 Å². The van der Waals surface area contributed by atoms with Crippen LogP contribution < -0.4 is 16.4 Å². The summed E-state index contributed by atoms with van der Waals surface area (Å²) in [4.78, 5) is 54.2. The Kier molecular flexibility index (Phi) is 14.3. The number of amides is 4. The zero-order valence-corrected chi connectivity index (χ0v) is 25.9. The van der Waals surface area contributed by atoms with Gasteiger partial charge in [0.05, 0.1) is 6.42 Å². The summed E-state index contributed by atoms with van der Waals surface area (Å²) in [5.41, 5.74) is 6.72. The first-order valence-electron chi connectivity index (χ1n) is 14.9. The molecule has 0 bridgehead atoms. The lowest BCUT2D eigenvalue weighted by atomic mass is 9.99. The van der Waals surface area contributed by atoms with E-state index in [4.69, 9.17) is 16.9 Å². The number of carbonyl (C=O) groups excluding carboxylic acids is 4. The molecule has 2 rings (SSSR count). The third kappa shape index (κ3) is 12.6. The molecule has 9 nitrogen and oxygen atoms in total. The zero-order valence-electron chi connectivity index (χ0n) is 25.9. The molecule has 9 heteroatoms. The Balaban J connectivity index is 2.48. The Morgan fingerprint density at radius 3 is 2.16 bits per heavy atom. The number of alkyl carbamates (subject to hydrolysis) is 1. The molecule has 43 heavy (non-hydrogen) atoms. The lowest BCUT2D eigenvalue weighted by molar-refractivity contribution is -0.143. The highest BCUT2D eigenvalue weighted by Crippen LogP contribution is 2.25. The van der Waals surface area contributed by atoms with E-state index in [9.17, 15) is 19.2 Å². The molecule has 0 aliphatic carbocycles. The van der Waals surface area contributed by atoms with Gasteiger partial charge in [-0.25, -0.2) is 4.79 Å². The van der Waals surface area contributed by atoms with Gasteiger partial charge < -0.3 is 26.0 Å². The quantitative estimate of drug-likeness (QED) is 0.187. The minimum atomic E-state index is -1.33. The Morgan fingerprint density at radius 2 is 1.58 bits per heavy atom. The van der Waals surface area contributed by atoms with Crippen molar-refractivity contribution in [1.29, 1.82) is 0 Å². The van der Waals surface area contributed by atoms with Gasteiger partial charge in [-0.1, -0.05) is 87.4 Å². The predicted octanol–water partition coefficient (Wildman–Crippen LogP) is 4.98. The highest BCUT2D eigenvalue weighted by molar-refractivity contribution is 5.94. The van der Waals surface area contributed by atoms with Crippen LogP contribution >= 0.6 is 0 Å². The molecule has 0 heterocycles. The molecule has 0 aromatic heterocycles. The third-order valence-corrected chi connectivity index (χ3v) is 6.69. The summed E-state index contributed by atoms with van der Waals surface area (Å²) < 4.78 is 5.35. The minimum absolute atomic E-state index is 0.219. The SMILES string of the molecule is C#Cc1ccc(C(C(=O)NCc2ccccc2)N(CCCCCCCC)C(=O)C(CC(N)=O)NC(=O)OC(C)(C)C)cc1. The van der Waals surface area contributed by atoms with Crippen LogP contribution in [-0.4, -0.2) is 46.9 Å². The predicted molar refractivity (Wildman–Crippen MR) is 167 cm³/mol. The Labute approximate surface area is 255 Å². The number of terminal acetylenes is 1. The standard InChI is InChI=1S/C34H46N4O5/c1-6-8-9-10-11-15-22-38(32(41)28(23-29(35)39)37-33(42)43-34(3,4)5)30(27-20-18-25(7-2)19-21-27)31(40)36-24-26-16-13-12-14-17-26/h2,12-14,16-21,28,30H,6,8-11,15,22-24H2,1,3-5H3,(H2,35,39)(H,36,40)(H,37,42). The smallest absolute Gasteiger partial charge is 0.408 e. The molecule has 2 unspecified atom stereocenters. The second-order valence-electron chi connectivity index (χ2n) is 11.5. The van der Waals surface area contributed by atoms with E-state index in [1.807, 2.05) is 30.3 Å². The molecule has 0 spiro atoms. The van der Waals surface area contributed by atoms with Crippen LogP contribution in [0.1, 0.15) is 95.4 Å². The number of benzene rings is 2. The summed E-state index contributed by atoms with van der Waals surface area (Å²) >= 11 is 0. The van der Waals surface area contributed by atoms with Gasteiger partial charge in [-0.05, 0) is 50.5 Å². The average molecular weight is 591 g/mol. The van der Waals surface area contributed by atoms with Crippen LogP contribution in [0.4, 0.5) is 4.79 Å². The molecule has 0 aliphatic rings. The number of nitrogens with one attached hydrogen (secondary N) is 2. The molecular formula is C34H46N4O5. The molecule has 0 saturated heterocycles. The first-order valence-corrected chi connectivity index (χ1v) is 14.9. The topological polar surface area (TPSA) is 131 Å². The number of ether oxygens (including phenoxy) is 1. The fraction of sp³-hybridized carbons (Fsp3) is 0.471. The second kappa shape index (κ2) is 17.6. The average Bonchev–Trinajstić information content (AvgIpc) is 2.96.